The van der Waals surface area contributed by atoms with Crippen LogP contribution in [0.3, 0.4) is 0 Å². The molecule has 1 aromatic heterocycles. The van der Waals surface area contributed by atoms with E-state index < -0.39 is 12.1 Å². The quantitative estimate of drug-likeness (QED) is 0.860. The molecule has 1 saturated carbocycles. The maximum Gasteiger partial charge on any atom is 0.251 e. The molecule has 26 heavy (non-hydrogen) atoms. The zero-order valence-electron chi connectivity index (χ0n) is 14.6. The molecular weight excluding hydrogens is 332 g/mol. The molecule has 0 bridgehead atoms. The number of morpholine rings is 1. The molecule has 0 radical (unpaired) electrons. The van der Waals surface area contributed by atoms with Crippen LogP contribution in [0.5, 0.6) is 0 Å². The van der Waals surface area contributed by atoms with Gasteiger partial charge in [-0.1, -0.05) is 30.3 Å². The SMILES string of the molecule is C[C@H]1OCC(=O)N(Cc2ccccc2)[C@@H]1C(=O)Nc1cc(C2CC2)[nH]n1. The first-order valence-electron chi connectivity index (χ1n) is 8.93. The van der Waals surface area contributed by atoms with E-state index in [0.29, 0.717) is 18.3 Å². The van der Waals surface area contributed by atoms with Crippen LogP contribution in [0, 0.1) is 0 Å². The molecule has 1 aliphatic carbocycles. The molecule has 4 rings (SSSR count). The first kappa shape index (κ1) is 16.8. The van der Waals surface area contributed by atoms with Gasteiger partial charge in [-0.2, -0.15) is 5.10 Å². The van der Waals surface area contributed by atoms with Crippen LogP contribution < -0.4 is 5.32 Å². The van der Waals surface area contributed by atoms with E-state index in [9.17, 15) is 9.59 Å². The average Bonchev–Trinajstić information content (AvgIpc) is 3.39. The maximum atomic E-state index is 12.9. The van der Waals surface area contributed by atoms with Gasteiger partial charge in [0.05, 0.1) is 6.10 Å². The summed E-state index contributed by atoms with van der Waals surface area (Å²) < 4.78 is 5.50. The largest absolute Gasteiger partial charge is 0.366 e. The van der Waals surface area contributed by atoms with Gasteiger partial charge < -0.3 is 15.0 Å². The standard InChI is InChI=1S/C19H22N4O3/c1-12-18(19(25)20-16-9-15(21-22-16)14-7-8-14)23(17(24)11-26-12)10-13-5-3-2-4-6-13/h2-6,9,12,14,18H,7-8,10-11H2,1H3,(H2,20,21,22,25)/t12-,18+/m1/s1. The molecule has 1 aliphatic heterocycles. The minimum absolute atomic E-state index is 0.00792. The second-order valence-electron chi connectivity index (χ2n) is 6.94. The zero-order valence-corrected chi connectivity index (χ0v) is 14.6. The molecule has 2 atom stereocenters. The van der Waals surface area contributed by atoms with Crippen LogP contribution in [-0.4, -0.2) is 45.7 Å². The summed E-state index contributed by atoms with van der Waals surface area (Å²) in [7, 11) is 0. The summed E-state index contributed by atoms with van der Waals surface area (Å²) in [6.07, 6.45) is 1.92. The van der Waals surface area contributed by atoms with Crippen molar-refractivity contribution in [1.82, 2.24) is 15.1 Å². The minimum Gasteiger partial charge on any atom is -0.366 e. The molecule has 1 aromatic carbocycles. The van der Waals surface area contributed by atoms with E-state index >= 15 is 0 Å². The number of rotatable bonds is 5. The summed E-state index contributed by atoms with van der Waals surface area (Å²) in [6.45, 7) is 2.18. The minimum atomic E-state index is -0.697. The number of amides is 2. The first-order chi connectivity index (χ1) is 12.6. The molecule has 0 spiro atoms. The van der Waals surface area contributed by atoms with E-state index in [0.717, 1.165) is 24.1 Å². The van der Waals surface area contributed by atoms with Crippen LogP contribution in [0.25, 0.3) is 0 Å². The highest BCUT2D eigenvalue weighted by Gasteiger charge is 2.39. The third kappa shape index (κ3) is 3.48. The fourth-order valence-electron chi connectivity index (χ4n) is 3.31. The number of nitrogens with zero attached hydrogens (tertiary/aromatic N) is 2. The maximum absolute atomic E-state index is 12.9. The smallest absolute Gasteiger partial charge is 0.251 e. The Hall–Kier alpha value is -2.67. The van der Waals surface area contributed by atoms with E-state index in [1.165, 1.54) is 0 Å². The number of H-pyrrole nitrogens is 1. The van der Waals surface area contributed by atoms with E-state index in [1.54, 1.807) is 4.90 Å². The van der Waals surface area contributed by atoms with Crippen LogP contribution in [0.15, 0.2) is 36.4 Å². The third-order valence-electron chi connectivity index (χ3n) is 4.90. The number of benzene rings is 1. The Labute approximate surface area is 151 Å². The summed E-state index contributed by atoms with van der Waals surface area (Å²) in [5.74, 6) is 0.547. The van der Waals surface area contributed by atoms with E-state index in [2.05, 4.69) is 15.5 Å². The molecule has 0 unspecified atom stereocenters. The molecule has 2 N–H and O–H groups in total. The van der Waals surface area contributed by atoms with Crippen molar-refractivity contribution in [3.8, 4) is 0 Å². The fraction of sp³-hybridized carbons (Fsp3) is 0.421. The molecule has 2 heterocycles. The van der Waals surface area contributed by atoms with Crippen LogP contribution in [-0.2, 0) is 20.9 Å². The summed E-state index contributed by atoms with van der Waals surface area (Å²) in [5.41, 5.74) is 2.02. The van der Waals surface area contributed by atoms with Gasteiger partial charge in [-0.25, -0.2) is 0 Å². The second-order valence-corrected chi connectivity index (χ2v) is 6.94. The molecule has 2 amide bonds. The Morgan fingerprint density at radius 2 is 2.12 bits per heavy atom. The van der Waals surface area contributed by atoms with Gasteiger partial charge in [-0.3, -0.25) is 14.7 Å². The van der Waals surface area contributed by atoms with Crippen molar-refractivity contribution in [1.29, 1.82) is 0 Å². The van der Waals surface area contributed by atoms with Gasteiger partial charge in [0.2, 0.25) is 5.91 Å². The van der Waals surface area contributed by atoms with Gasteiger partial charge in [-0.05, 0) is 25.3 Å². The van der Waals surface area contributed by atoms with Gasteiger partial charge in [-0.15, -0.1) is 0 Å². The average molecular weight is 354 g/mol. The fourth-order valence-corrected chi connectivity index (χ4v) is 3.31. The van der Waals surface area contributed by atoms with Crippen LogP contribution in [0.4, 0.5) is 5.82 Å². The van der Waals surface area contributed by atoms with E-state index in [4.69, 9.17) is 4.74 Å². The van der Waals surface area contributed by atoms with Crippen molar-refractivity contribution in [2.75, 3.05) is 11.9 Å². The number of nitrogens with one attached hydrogen (secondary N) is 2. The Bertz CT molecular complexity index is 800. The van der Waals surface area contributed by atoms with Gasteiger partial charge in [0.15, 0.2) is 5.82 Å². The number of aromatic amines is 1. The number of ether oxygens (including phenoxy) is 1. The lowest BCUT2D eigenvalue weighted by atomic mass is 10.1. The van der Waals surface area contributed by atoms with E-state index in [-0.39, 0.29) is 18.4 Å². The third-order valence-corrected chi connectivity index (χ3v) is 4.90. The van der Waals surface area contributed by atoms with Crippen molar-refractivity contribution in [2.45, 2.75) is 44.4 Å². The summed E-state index contributed by atoms with van der Waals surface area (Å²) in [6, 6.07) is 10.8. The Kier molecular flexibility index (Phi) is 4.46. The second kappa shape index (κ2) is 6.92. The lowest BCUT2D eigenvalue weighted by Gasteiger charge is -2.38. The number of hydrogen-bond donors (Lipinski definition) is 2. The first-order valence-corrected chi connectivity index (χ1v) is 8.93. The predicted octanol–water partition coefficient (Wildman–Crippen LogP) is 2.04. The highest BCUT2D eigenvalue weighted by atomic mass is 16.5. The van der Waals surface area contributed by atoms with Crippen molar-refractivity contribution in [3.63, 3.8) is 0 Å². The molecule has 7 heteroatoms. The number of carbonyl (C=O) groups excluding carboxylic acids is 2. The number of aromatic nitrogens is 2. The predicted molar refractivity (Wildman–Crippen MR) is 95.4 cm³/mol. The summed E-state index contributed by atoms with van der Waals surface area (Å²) >= 11 is 0. The van der Waals surface area contributed by atoms with Crippen molar-refractivity contribution in [2.24, 2.45) is 0 Å². The number of anilines is 1. The number of carbonyl (C=O) groups is 2. The summed E-state index contributed by atoms with van der Waals surface area (Å²) in [5, 5.41) is 9.96. The van der Waals surface area contributed by atoms with Crippen molar-refractivity contribution >= 4 is 17.6 Å². The topological polar surface area (TPSA) is 87.3 Å². The number of hydrogen-bond acceptors (Lipinski definition) is 4. The van der Waals surface area contributed by atoms with E-state index in [1.807, 2.05) is 43.3 Å². The monoisotopic (exact) mass is 354 g/mol. The highest BCUT2D eigenvalue weighted by molar-refractivity contribution is 5.97. The molecule has 2 aromatic rings. The molecular formula is C19H22N4O3. The van der Waals surface area contributed by atoms with Gasteiger partial charge in [0.1, 0.15) is 12.6 Å². The van der Waals surface area contributed by atoms with Gasteiger partial charge >= 0.3 is 0 Å². The lowest BCUT2D eigenvalue weighted by Crippen LogP contribution is -2.58. The van der Waals surface area contributed by atoms with Crippen molar-refractivity contribution < 1.29 is 14.3 Å². The van der Waals surface area contributed by atoms with Crippen LogP contribution in [0.1, 0.15) is 36.9 Å². The van der Waals surface area contributed by atoms with Crippen molar-refractivity contribution in [3.05, 3.63) is 47.7 Å². The van der Waals surface area contributed by atoms with Gasteiger partial charge in [0, 0.05) is 24.2 Å². The normalized spacial score (nSPS) is 23.1. The van der Waals surface area contributed by atoms with Crippen LogP contribution >= 0.6 is 0 Å². The molecule has 2 aliphatic rings. The highest BCUT2D eigenvalue weighted by Crippen LogP contribution is 2.39. The molecule has 136 valence electrons. The summed E-state index contributed by atoms with van der Waals surface area (Å²) in [4.78, 5) is 26.9. The Morgan fingerprint density at radius 1 is 1.35 bits per heavy atom. The Balaban J connectivity index is 1.51. The molecule has 2 fully saturated rings. The lowest BCUT2D eigenvalue weighted by molar-refractivity contribution is -0.161. The zero-order chi connectivity index (χ0) is 18.1. The van der Waals surface area contributed by atoms with Gasteiger partial charge in [0.25, 0.3) is 5.91 Å². The molecule has 1 saturated heterocycles. The molecule has 7 nitrogen and oxygen atoms in total. The van der Waals surface area contributed by atoms with Crippen LogP contribution in [0.2, 0.25) is 0 Å². The Morgan fingerprint density at radius 3 is 2.85 bits per heavy atom.